The number of aromatic nitrogens is 3. The van der Waals surface area contributed by atoms with Crippen molar-refractivity contribution in [2.45, 2.75) is 50.6 Å². The Bertz CT molecular complexity index is 1200. The Balaban J connectivity index is 1.49. The summed E-state index contributed by atoms with van der Waals surface area (Å²) in [5, 5.41) is 9.58. The molecule has 6 nitrogen and oxygen atoms in total. The molecule has 2 aromatic carbocycles. The number of sulfonamides is 1. The molecule has 1 fully saturated rings. The first-order valence-electron chi connectivity index (χ1n) is 10.6. The SMILES string of the molecule is CS(=O)(=O)N1Cc2cc(Cl)ccc2-n2c(nnc2[C@H]2CC[C@H](c3ccccc3)CC2)C1. The van der Waals surface area contributed by atoms with Gasteiger partial charge in [0.25, 0.3) is 0 Å². The number of rotatable bonds is 3. The molecule has 0 radical (unpaired) electrons. The first kappa shape index (κ1) is 20.7. The van der Waals surface area contributed by atoms with Crippen LogP contribution in [0.25, 0.3) is 5.69 Å². The van der Waals surface area contributed by atoms with Gasteiger partial charge < -0.3 is 0 Å². The molecule has 0 bridgehead atoms. The molecule has 0 N–H and O–H groups in total. The molecule has 162 valence electrons. The van der Waals surface area contributed by atoms with Crippen molar-refractivity contribution < 1.29 is 8.42 Å². The van der Waals surface area contributed by atoms with Crippen LogP contribution in [0, 0.1) is 0 Å². The topological polar surface area (TPSA) is 68.1 Å². The molecule has 1 aromatic heterocycles. The lowest BCUT2D eigenvalue weighted by molar-refractivity contribution is 0.381. The lowest BCUT2D eigenvalue weighted by Gasteiger charge is -2.28. The van der Waals surface area contributed by atoms with Crippen molar-refractivity contribution in [3.63, 3.8) is 0 Å². The van der Waals surface area contributed by atoms with Crippen LogP contribution < -0.4 is 0 Å². The summed E-state index contributed by atoms with van der Waals surface area (Å²) in [6.45, 7) is 0.482. The Morgan fingerprint density at radius 3 is 2.35 bits per heavy atom. The minimum absolute atomic E-state index is 0.206. The second kappa shape index (κ2) is 8.04. The zero-order chi connectivity index (χ0) is 21.6. The average molecular weight is 457 g/mol. The Morgan fingerprint density at radius 1 is 0.935 bits per heavy atom. The highest BCUT2D eigenvalue weighted by molar-refractivity contribution is 7.88. The van der Waals surface area contributed by atoms with E-state index in [4.69, 9.17) is 11.6 Å². The van der Waals surface area contributed by atoms with Gasteiger partial charge in [0.2, 0.25) is 10.0 Å². The van der Waals surface area contributed by atoms with Gasteiger partial charge in [-0.3, -0.25) is 4.57 Å². The van der Waals surface area contributed by atoms with Crippen LogP contribution in [0.4, 0.5) is 0 Å². The highest BCUT2D eigenvalue weighted by Crippen LogP contribution is 2.41. The lowest BCUT2D eigenvalue weighted by atomic mass is 9.78. The van der Waals surface area contributed by atoms with Crippen molar-refractivity contribution in [1.29, 1.82) is 0 Å². The third-order valence-corrected chi connectivity index (χ3v) is 7.97. The number of halogens is 1. The van der Waals surface area contributed by atoms with Crippen LogP contribution in [-0.4, -0.2) is 33.7 Å². The first-order chi connectivity index (χ1) is 14.9. The number of fused-ring (bicyclic) bond motifs is 3. The Labute approximate surface area is 187 Å². The zero-order valence-electron chi connectivity index (χ0n) is 17.4. The summed E-state index contributed by atoms with van der Waals surface area (Å²) in [5.74, 6) is 2.47. The number of nitrogens with zero attached hydrogens (tertiary/aromatic N) is 4. The molecule has 1 saturated carbocycles. The van der Waals surface area contributed by atoms with Crippen LogP contribution in [0.1, 0.15) is 60.3 Å². The van der Waals surface area contributed by atoms with E-state index in [0.29, 0.717) is 22.7 Å². The molecule has 1 aliphatic carbocycles. The normalized spacial score (nSPS) is 21.9. The maximum Gasteiger partial charge on any atom is 0.211 e. The number of hydrogen-bond donors (Lipinski definition) is 0. The molecular weight excluding hydrogens is 432 g/mol. The largest absolute Gasteiger partial charge is 0.281 e. The quantitative estimate of drug-likeness (QED) is 0.575. The third-order valence-electron chi connectivity index (χ3n) is 6.53. The fourth-order valence-electron chi connectivity index (χ4n) is 4.91. The summed E-state index contributed by atoms with van der Waals surface area (Å²) in [5.41, 5.74) is 3.20. The average Bonchev–Trinajstić information content (AvgIpc) is 3.09. The number of benzene rings is 2. The lowest BCUT2D eigenvalue weighted by Crippen LogP contribution is -2.28. The second-order valence-corrected chi connectivity index (χ2v) is 11.0. The summed E-state index contributed by atoms with van der Waals surface area (Å²) in [6, 6.07) is 16.3. The van der Waals surface area contributed by atoms with Gasteiger partial charge in [-0.2, -0.15) is 4.31 Å². The van der Waals surface area contributed by atoms with E-state index >= 15 is 0 Å². The van der Waals surface area contributed by atoms with Gasteiger partial charge in [-0.1, -0.05) is 41.9 Å². The fourth-order valence-corrected chi connectivity index (χ4v) is 5.83. The van der Waals surface area contributed by atoms with E-state index < -0.39 is 10.0 Å². The van der Waals surface area contributed by atoms with Crippen LogP contribution in [0.2, 0.25) is 5.02 Å². The zero-order valence-corrected chi connectivity index (χ0v) is 19.0. The predicted octanol–water partition coefficient (Wildman–Crippen LogP) is 4.64. The van der Waals surface area contributed by atoms with E-state index in [1.807, 2.05) is 18.2 Å². The molecule has 2 heterocycles. The van der Waals surface area contributed by atoms with Gasteiger partial charge >= 0.3 is 0 Å². The summed E-state index contributed by atoms with van der Waals surface area (Å²) in [6.07, 6.45) is 5.53. The first-order valence-corrected chi connectivity index (χ1v) is 12.9. The van der Waals surface area contributed by atoms with Gasteiger partial charge in [0.05, 0.1) is 18.5 Å². The molecule has 0 amide bonds. The van der Waals surface area contributed by atoms with Crippen molar-refractivity contribution >= 4 is 21.6 Å². The minimum Gasteiger partial charge on any atom is -0.281 e. The molecule has 0 spiro atoms. The Morgan fingerprint density at radius 2 is 1.65 bits per heavy atom. The highest BCUT2D eigenvalue weighted by Gasteiger charge is 2.32. The maximum atomic E-state index is 12.4. The van der Waals surface area contributed by atoms with E-state index in [1.165, 1.54) is 16.1 Å². The van der Waals surface area contributed by atoms with E-state index in [2.05, 4.69) is 45.1 Å². The second-order valence-electron chi connectivity index (χ2n) is 8.57. The standard InChI is InChI=1S/C23H25ClN4O2S/c1-31(29,30)27-14-19-13-20(24)11-12-21(19)28-22(15-27)25-26-23(28)18-9-7-17(8-10-18)16-5-3-2-4-6-16/h2-6,11-13,17-18H,7-10,14-15H2,1H3/t17-,18-. The van der Waals surface area contributed by atoms with Crippen LogP contribution in [-0.2, 0) is 23.1 Å². The molecule has 2 aliphatic rings. The highest BCUT2D eigenvalue weighted by atomic mass is 35.5. The molecule has 5 rings (SSSR count). The van der Waals surface area contributed by atoms with Crippen molar-refractivity contribution in [3.05, 3.63) is 76.3 Å². The monoisotopic (exact) mass is 456 g/mol. The molecule has 0 saturated heterocycles. The Hall–Kier alpha value is -2.22. The summed E-state index contributed by atoms with van der Waals surface area (Å²) in [7, 11) is -3.39. The van der Waals surface area contributed by atoms with Gasteiger partial charge in [-0.15, -0.1) is 10.2 Å². The van der Waals surface area contributed by atoms with Crippen LogP contribution >= 0.6 is 11.6 Å². The van der Waals surface area contributed by atoms with Crippen LogP contribution in [0.5, 0.6) is 0 Å². The van der Waals surface area contributed by atoms with E-state index in [0.717, 1.165) is 42.8 Å². The van der Waals surface area contributed by atoms with Crippen molar-refractivity contribution in [1.82, 2.24) is 19.1 Å². The molecule has 0 unspecified atom stereocenters. The maximum absolute atomic E-state index is 12.4. The van der Waals surface area contributed by atoms with Crippen LogP contribution in [0.15, 0.2) is 48.5 Å². The molecule has 8 heteroatoms. The molecule has 3 aromatic rings. The van der Waals surface area contributed by atoms with Gasteiger partial charge in [-0.05, 0) is 60.9 Å². The molecular formula is C23H25ClN4O2S. The van der Waals surface area contributed by atoms with Crippen LogP contribution in [0.3, 0.4) is 0 Å². The van der Waals surface area contributed by atoms with Crippen molar-refractivity contribution in [3.8, 4) is 5.69 Å². The molecule has 0 atom stereocenters. The van der Waals surface area contributed by atoms with Gasteiger partial charge in [-0.25, -0.2) is 8.42 Å². The van der Waals surface area contributed by atoms with Crippen molar-refractivity contribution in [2.75, 3.05) is 6.26 Å². The van der Waals surface area contributed by atoms with E-state index in [9.17, 15) is 8.42 Å². The van der Waals surface area contributed by atoms with Gasteiger partial charge in [0, 0.05) is 17.5 Å². The smallest absolute Gasteiger partial charge is 0.211 e. The van der Waals surface area contributed by atoms with E-state index in [1.54, 1.807) is 0 Å². The van der Waals surface area contributed by atoms with Gasteiger partial charge in [0.15, 0.2) is 5.82 Å². The third kappa shape index (κ3) is 4.02. The van der Waals surface area contributed by atoms with E-state index in [-0.39, 0.29) is 13.1 Å². The summed E-state index contributed by atoms with van der Waals surface area (Å²) in [4.78, 5) is 0. The Kier molecular flexibility index (Phi) is 5.36. The summed E-state index contributed by atoms with van der Waals surface area (Å²) >= 11 is 6.25. The van der Waals surface area contributed by atoms with Gasteiger partial charge in [0.1, 0.15) is 5.82 Å². The minimum atomic E-state index is -3.39. The molecule has 1 aliphatic heterocycles. The fraction of sp³-hybridized carbons (Fsp3) is 0.391. The molecule has 31 heavy (non-hydrogen) atoms. The summed E-state index contributed by atoms with van der Waals surface area (Å²) < 4.78 is 28.2. The number of hydrogen-bond acceptors (Lipinski definition) is 4. The predicted molar refractivity (Wildman–Crippen MR) is 121 cm³/mol. The van der Waals surface area contributed by atoms with Crippen molar-refractivity contribution in [2.24, 2.45) is 0 Å².